The smallest absolute Gasteiger partial charge is 0.211 e. The Kier molecular flexibility index (Phi) is 2.88. The van der Waals surface area contributed by atoms with Crippen LogP contribution in [0.3, 0.4) is 0 Å². The normalized spacial score (nSPS) is 17.4. The van der Waals surface area contributed by atoms with Gasteiger partial charge in [0.1, 0.15) is 0 Å². The van der Waals surface area contributed by atoms with Crippen LogP contribution in [-0.4, -0.2) is 6.08 Å². The molecule has 2 rings (SSSR count). The van der Waals surface area contributed by atoms with Gasteiger partial charge in [-0.3, -0.25) is 0 Å². The molecule has 1 aliphatic rings. The molecule has 0 unspecified atom stereocenters. The predicted octanol–water partition coefficient (Wildman–Crippen LogP) is 3.67. The number of aryl methyl sites for hydroxylation is 1. The van der Waals surface area contributed by atoms with Crippen molar-refractivity contribution in [2.75, 3.05) is 0 Å². The van der Waals surface area contributed by atoms with Crippen LogP contribution >= 0.6 is 11.6 Å². The molecule has 1 aromatic carbocycles. The highest BCUT2D eigenvalue weighted by molar-refractivity contribution is 6.31. The summed E-state index contributed by atoms with van der Waals surface area (Å²) in [5.41, 5.74) is 2.95. The molecule has 0 bridgehead atoms. The molecule has 1 aromatic rings. The first-order valence-corrected chi connectivity index (χ1v) is 5.83. The number of benzene rings is 1. The topological polar surface area (TPSA) is 29.4 Å². The lowest BCUT2D eigenvalue weighted by Crippen LogP contribution is -2.32. The number of hydrogen-bond acceptors (Lipinski definition) is 2. The highest BCUT2D eigenvalue weighted by Gasteiger charge is 2.39. The monoisotopic (exact) mass is 235 g/mol. The molecule has 16 heavy (non-hydrogen) atoms. The summed E-state index contributed by atoms with van der Waals surface area (Å²) in [7, 11) is 0. The molecular formula is C13H14ClNO. The molecule has 2 nitrogen and oxygen atoms in total. The Morgan fingerprint density at radius 3 is 2.50 bits per heavy atom. The Balaban J connectivity index is 2.51. The second-order valence-corrected chi connectivity index (χ2v) is 4.90. The van der Waals surface area contributed by atoms with Crippen molar-refractivity contribution in [2.45, 2.75) is 38.6 Å². The third-order valence-electron chi connectivity index (χ3n) is 3.58. The number of isocyanates is 1. The van der Waals surface area contributed by atoms with Crippen LogP contribution in [0, 0.1) is 13.8 Å². The highest BCUT2D eigenvalue weighted by Crippen LogP contribution is 2.45. The number of aliphatic imine (C=N–C) groups is 1. The van der Waals surface area contributed by atoms with Crippen LogP contribution in [0.25, 0.3) is 0 Å². The van der Waals surface area contributed by atoms with E-state index >= 15 is 0 Å². The second kappa shape index (κ2) is 4.04. The SMILES string of the molecule is Cc1cc(C2(N=C=O)CCC2)cc(Cl)c1C. The maximum Gasteiger partial charge on any atom is 0.235 e. The fraction of sp³-hybridized carbons (Fsp3) is 0.462. The maximum absolute atomic E-state index is 10.5. The van der Waals surface area contributed by atoms with Gasteiger partial charge in [-0.25, -0.2) is 4.79 Å². The molecule has 0 amide bonds. The summed E-state index contributed by atoms with van der Waals surface area (Å²) in [6.07, 6.45) is 4.64. The summed E-state index contributed by atoms with van der Waals surface area (Å²) in [5, 5.41) is 0.752. The van der Waals surface area contributed by atoms with Crippen LogP contribution in [0.4, 0.5) is 0 Å². The molecule has 0 atom stereocenters. The van der Waals surface area contributed by atoms with Gasteiger partial charge in [0.2, 0.25) is 6.08 Å². The van der Waals surface area contributed by atoms with Crippen molar-refractivity contribution in [1.29, 1.82) is 0 Å². The van der Waals surface area contributed by atoms with E-state index in [0.717, 1.165) is 41.0 Å². The van der Waals surface area contributed by atoms with Gasteiger partial charge in [-0.15, -0.1) is 0 Å². The number of carbonyl (C=O) groups excluding carboxylic acids is 1. The minimum absolute atomic E-state index is 0.343. The van der Waals surface area contributed by atoms with Crippen molar-refractivity contribution in [3.05, 3.63) is 33.8 Å². The molecule has 1 fully saturated rings. The van der Waals surface area contributed by atoms with E-state index in [2.05, 4.69) is 11.1 Å². The molecule has 0 spiro atoms. The van der Waals surface area contributed by atoms with Crippen LogP contribution in [-0.2, 0) is 10.3 Å². The average Bonchev–Trinajstić information content (AvgIpc) is 2.19. The van der Waals surface area contributed by atoms with E-state index in [1.807, 2.05) is 19.9 Å². The lowest BCUT2D eigenvalue weighted by Gasteiger charge is -2.37. The molecule has 0 radical (unpaired) electrons. The van der Waals surface area contributed by atoms with E-state index in [-0.39, 0.29) is 5.54 Å². The summed E-state index contributed by atoms with van der Waals surface area (Å²) in [6, 6.07) is 4.02. The third-order valence-corrected chi connectivity index (χ3v) is 3.97. The van der Waals surface area contributed by atoms with E-state index in [4.69, 9.17) is 11.6 Å². The summed E-state index contributed by atoms with van der Waals surface area (Å²) >= 11 is 6.17. The zero-order chi connectivity index (χ0) is 11.8. The molecule has 0 saturated heterocycles. The Hall–Kier alpha value is -1.11. The Labute approximate surface area is 100 Å². The van der Waals surface area contributed by atoms with Crippen LogP contribution in [0.5, 0.6) is 0 Å². The molecule has 3 heteroatoms. The molecule has 0 aromatic heterocycles. The van der Waals surface area contributed by atoms with Crippen LogP contribution in [0.1, 0.15) is 36.0 Å². The van der Waals surface area contributed by atoms with Gasteiger partial charge in [0, 0.05) is 5.02 Å². The van der Waals surface area contributed by atoms with E-state index < -0.39 is 0 Å². The van der Waals surface area contributed by atoms with Crippen LogP contribution < -0.4 is 0 Å². The van der Waals surface area contributed by atoms with Crippen molar-refractivity contribution < 1.29 is 4.79 Å². The molecule has 0 heterocycles. The van der Waals surface area contributed by atoms with Gasteiger partial charge in [0.25, 0.3) is 0 Å². The van der Waals surface area contributed by atoms with E-state index in [1.54, 1.807) is 6.08 Å². The van der Waals surface area contributed by atoms with Crippen molar-refractivity contribution in [3.8, 4) is 0 Å². The number of rotatable bonds is 2. The zero-order valence-corrected chi connectivity index (χ0v) is 10.3. The minimum atomic E-state index is -0.343. The quantitative estimate of drug-likeness (QED) is 0.568. The Bertz CT molecular complexity index is 448. The first-order chi connectivity index (χ1) is 7.59. The molecule has 0 aliphatic heterocycles. The van der Waals surface area contributed by atoms with Gasteiger partial charge in [-0.05, 0) is 55.9 Å². The number of nitrogens with zero attached hydrogens (tertiary/aromatic N) is 1. The fourth-order valence-corrected chi connectivity index (χ4v) is 2.42. The summed E-state index contributed by atoms with van der Waals surface area (Å²) in [6.45, 7) is 4.03. The van der Waals surface area contributed by atoms with E-state index in [1.165, 1.54) is 0 Å². The first-order valence-electron chi connectivity index (χ1n) is 5.45. The van der Waals surface area contributed by atoms with Gasteiger partial charge in [-0.2, -0.15) is 4.99 Å². The fourth-order valence-electron chi connectivity index (χ4n) is 2.15. The Morgan fingerprint density at radius 2 is 2.06 bits per heavy atom. The van der Waals surface area contributed by atoms with Gasteiger partial charge in [0.15, 0.2) is 0 Å². The summed E-state index contributed by atoms with van der Waals surface area (Å²) in [4.78, 5) is 14.5. The van der Waals surface area contributed by atoms with Crippen LogP contribution in [0.15, 0.2) is 17.1 Å². The largest absolute Gasteiger partial charge is 0.235 e. The van der Waals surface area contributed by atoms with Crippen molar-refractivity contribution >= 4 is 17.7 Å². The zero-order valence-electron chi connectivity index (χ0n) is 9.51. The minimum Gasteiger partial charge on any atom is -0.211 e. The lowest BCUT2D eigenvalue weighted by atomic mass is 9.72. The summed E-state index contributed by atoms with van der Waals surface area (Å²) < 4.78 is 0. The standard InChI is InChI=1S/C13H14ClNO/c1-9-6-11(7-12(14)10(9)2)13(15-8-16)4-3-5-13/h6-7H,3-5H2,1-2H3. The molecule has 1 aliphatic carbocycles. The van der Waals surface area contributed by atoms with Crippen molar-refractivity contribution in [1.82, 2.24) is 0 Å². The van der Waals surface area contributed by atoms with Gasteiger partial charge < -0.3 is 0 Å². The maximum atomic E-state index is 10.5. The number of halogens is 1. The highest BCUT2D eigenvalue weighted by atomic mass is 35.5. The molecule has 1 saturated carbocycles. The van der Waals surface area contributed by atoms with Crippen molar-refractivity contribution in [3.63, 3.8) is 0 Å². The van der Waals surface area contributed by atoms with Gasteiger partial charge in [-0.1, -0.05) is 17.7 Å². The van der Waals surface area contributed by atoms with Gasteiger partial charge >= 0.3 is 0 Å². The average molecular weight is 236 g/mol. The van der Waals surface area contributed by atoms with E-state index in [0.29, 0.717) is 0 Å². The van der Waals surface area contributed by atoms with Crippen molar-refractivity contribution in [2.24, 2.45) is 4.99 Å². The first kappa shape index (κ1) is 11.4. The lowest BCUT2D eigenvalue weighted by molar-refractivity contribution is 0.256. The predicted molar refractivity (Wildman–Crippen MR) is 64.6 cm³/mol. The Morgan fingerprint density at radius 1 is 1.38 bits per heavy atom. The summed E-state index contributed by atoms with van der Waals surface area (Å²) in [5.74, 6) is 0. The van der Waals surface area contributed by atoms with E-state index in [9.17, 15) is 4.79 Å². The van der Waals surface area contributed by atoms with Gasteiger partial charge in [0.05, 0.1) is 5.54 Å². The van der Waals surface area contributed by atoms with Crippen LogP contribution in [0.2, 0.25) is 5.02 Å². The molecule has 84 valence electrons. The molecule has 0 N–H and O–H groups in total. The number of hydrogen-bond donors (Lipinski definition) is 0. The third kappa shape index (κ3) is 1.68. The molecular weight excluding hydrogens is 222 g/mol. The second-order valence-electron chi connectivity index (χ2n) is 4.49.